The SMILES string of the molecule is CS(=O)(=O)N1CCN(CC(=O)NCc2ccncc2)CC1. The lowest BCUT2D eigenvalue weighted by molar-refractivity contribution is -0.122. The highest BCUT2D eigenvalue weighted by molar-refractivity contribution is 7.88. The van der Waals surface area contributed by atoms with Gasteiger partial charge in [-0.1, -0.05) is 0 Å². The predicted octanol–water partition coefficient (Wildman–Crippen LogP) is -0.725. The molecule has 0 aliphatic carbocycles. The number of pyridine rings is 1. The Morgan fingerprint density at radius 3 is 2.43 bits per heavy atom. The summed E-state index contributed by atoms with van der Waals surface area (Å²) < 4.78 is 24.2. The molecule has 2 heterocycles. The fourth-order valence-electron chi connectivity index (χ4n) is 2.18. The Kier molecular flexibility index (Phi) is 5.27. The van der Waals surface area contributed by atoms with Crippen LogP contribution in [0.15, 0.2) is 24.5 Å². The standard InChI is InChI=1S/C13H20N4O3S/c1-21(19,20)17-8-6-16(7-9-17)11-13(18)15-10-12-2-4-14-5-3-12/h2-5H,6-11H2,1H3,(H,15,18). The van der Waals surface area contributed by atoms with Gasteiger partial charge in [-0.3, -0.25) is 14.7 Å². The van der Waals surface area contributed by atoms with Crippen molar-refractivity contribution in [3.63, 3.8) is 0 Å². The first-order chi connectivity index (χ1) is 9.95. The molecule has 0 bridgehead atoms. The third-order valence-electron chi connectivity index (χ3n) is 3.41. The van der Waals surface area contributed by atoms with E-state index in [9.17, 15) is 13.2 Å². The monoisotopic (exact) mass is 312 g/mol. The van der Waals surface area contributed by atoms with E-state index in [1.54, 1.807) is 12.4 Å². The number of rotatable bonds is 5. The number of hydrogen-bond donors (Lipinski definition) is 1. The average molecular weight is 312 g/mol. The summed E-state index contributed by atoms with van der Waals surface area (Å²) in [6.07, 6.45) is 4.59. The Morgan fingerprint density at radius 2 is 1.86 bits per heavy atom. The van der Waals surface area contributed by atoms with Gasteiger partial charge in [0.1, 0.15) is 0 Å². The summed E-state index contributed by atoms with van der Waals surface area (Å²) in [6, 6.07) is 3.70. The van der Waals surface area contributed by atoms with E-state index in [2.05, 4.69) is 10.3 Å². The molecule has 0 aromatic carbocycles. The number of hydrogen-bond acceptors (Lipinski definition) is 5. The van der Waals surface area contributed by atoms with E-state index < -0.39 is 10.0 Å². The zero-order chi connectivity index (χ0) is 15.3. The van der Waals surface area contributed by atoms with Crippen molar-refractivity contribution in [3.8, 4) is 0 Å². The Bertz CT molecular complexity index is 568. The van der Waals surface area contributed by atoms with Gasteiger partial charge in [0.15, 0.2) is 0 Å². The molecular formula is C13H20N4O3S. The number of carbonyl (C=O) groups is 1. The largest absolute Gasteiger partial charge is 0.351 e. The van der Waals surface area contributed by atoms with E-state index in [4.69, 9.17) is 0 Å². The third-order valence-corrected chi connectivity index (χ3v) is 4.71. The minimum absolute atomic E-state index is 0.0559. The molecule has 1 amide bonds. The lowest BCUT2D eigenvalue weighted by Crippen LogP contribution is -2.50. The van der Waals surface area contributed by atoms with Gasteiger partial charge in [-0.25, -0.2) is 8.42 Å². The predicted molar refractivity (Wildman–Crippen MR) is 78.9 cm³/mol. The zero-order valence-corrected chi connectivity index (χ0v) is 12.8. The van der Waals surface area contributed by atoms with Crippen molar-refractivity contribution >= 4 is 15.9 Å². The van der Waals surface area contributed by atoms with Gasteiger partial charge in [0, 0.05) is 45.1 Å². The second kappa shape index (κ2) is 6.97. The average Bonchev–Trinajstić information content (AvgIpc) is 2.46. The van der Waals surface area contributed by atoms with Crippen LogP contribution in [-0.4, -0.2) is 67.5 Å². The van der Waals surface area contributed by atoms with Crippen LogP contribution in [0.25, 0.3) is 0 Å². The van der Waals surface area contributed by atoms with Crippen molar-refractivity contribution in [3.05, 3.63) is 30.1 Å². The zero-order valence-electron chi connectivity index (χ0n) is 12.0. The topological polar surface area (TPSA) is 82.6 Å². The number of carbonyl (C=O) groups excluding carboxylic acids is 1. The van der Waals surface area contributed by atoms with Crippen LogP contribution in [0.2, 0.25) is 0 Å². The molecule has 1 aliphatic heterocycles. The lowest BCUT2D eigenvalue weighted by Gasteiger charge is -2.32. The van der Waals surface area contributed by atoms with Crippen molar-refractivity contribution in [2.24, 2.45) is 0 Å². The van der Waals surface area contributed by atoms with E-state index in [1.165, 1.54) is 10.6 Å². The van der Waals surface area contributed by atoms with Crippen LogP contribution in [0.4, 0.5) is 0 Å². The summed E-state index contributed by atoms with van der Waals surface area (Å²) in [4.78, 5) is 17.7. The highest BCUT2D eigenvalue weighted by Crippen LogP contribution is 2.05. The smallest absolute Gasteiger partial charge is 0.234 e. The molecule has 7 nitrogen and oxygen atoms in total. The Morgan fingerprint density at radius 1 is 1.24 bits per heavy atom. The number of sulfonamides is 1. The summed E-state index contributed by atoms with van der Waals surface area (Å²) in [6.45, 7) is 2.81. The molecule has 116 valence electrons. The van der Waals surface area contributed by atoms with E-state index in [1.807, 2.05) is 17.0 Å². The van der Waals surface area contributed by atoms with Gasteiger partial charge < -0.3 is 5.32 Å². The maximum atomic E-state index is 11.9. The van der Waals surface area contributed by atoms with Gasteiger partial charge in [0.25, 0.3) is 0 Å². The first-order valence-corrected chi connectivity index (χ1v) is 8.63. The van der Waals surface area contributed by atoms with Crippen molar-refractivity contribution in [2.45, 2.75) is 6.54 Å². The minimum Gasteiger partial charge on any atom is -0.351 e. The Hall–Kier alpha value is -1.51. The maximum absolute atomic E-state index is 11.9. The third kappa shape index (κ3) is 5.07. The molecular weight excluding hydrogens is 292 g/mol. The van der Waals surface area contributed by atoms with E-state index in [0.717, 1.165) is 5.56 Å². The van der Waals surface area contributed by atoms with Crippen molar-refractivity contribution in [1.29, 1.82) is 0 Å². The molecule has 0 unspecified atom stereocenters. The van der Waals surface area contributed by atoms with Crippen LogP contribution in [0, 0.1) is 0 Å². The van der Waals surface area contributed by atoms with Gasteiger partial charge in [0.2, 0.25) is 15.9 Å². The van der Waals surface area contributed by atoms with Crippen molar-refractivity contribution in [2.75, 3.05) is 39.0 Å². The molecule has 0 spiro atoms. The normalized spacial score (nSPS) is 17.6. The Labute approximate surface area is 125 Å². The molecule has 1 saturated heterocycles. The van der Waals surface area contributed by atoms with Crippen LogP contribution in [0.5, 0.6) is 0 Å². The van der Waals surface area contributed by atoms with Gasteiger partial charge >= 0.3 is 0 Å². The fraction of sp³-hybridized carbons (Fsp3) is 0.538. The van der Waals surface area contributed by atoms with Gasteiger partial charge in [-0.2, -0.15) is 4.31 Å². The molecule has 1 aliphatic rings. The lowest BCUT2D eigenvalue weighted by atomic mass is 10.2. The maximum Gasteiger partial charge on any atom is 0.234 e. The molecule has 1 N–H and O–H groups in total. The molecule has 1 fully saturated rings. The van der Waals surface area contributed by atoms with Crippen LogP contribution in [-0.2, 0) is 21.4 Å². The van der Waals surface area contributed by atoms with Gasteiger partial charge in [0.05, 0.1) is 12.8 Å². The van der Waals surface area contributed by atoms with Crippen LogP contribution in [0.3, 0.4) is 0 Å². The second-order valence-electron chi connectivity index (χ2n) is 5.07. The molecule has 0 atom stereocenters. The van der Waals surface area contributed by atoms with Crippen molar-refractivity contribution in [1.82, 2.24) is 19.5 Å². The summed E-state index contributed by atoms with van der Waals surface area (Å²) in [5, 5.41) is 2.85. The van der Waals surface area contributed by atoms with Gasteiger partial charge in [-0.05, 0) is 17.7 Å². The fourth-order valence-corrected chi connectivity index (χ4v) is 3.01. The molecule has 0 radical (unpaired) electrons. The summed E-state index contributed by atoms with van der Waals surface area (Å²) in [5.74, 6) is -0.0559. The first kappa shape index (κ1) is 15.9. The summed E-state index contributed by atoms with van der Waals surface area (Å²) in [5.41, 5.74) is 1.00. The second-order valence-corrected chi connectivity index (χ2v) is 7.05. The Balaban J connectivity index is 1.72. The van der Waals surface area contributed by atoms with E-state index in [0.29, 0.717) is 39.3 Å². The number of nitrogens with one attached hydrogen (secondary N) is 1. The minimum atomic E-state index is -3.12. The summed E-state index contributed by atoms with van der Waals surface area (Å²) >= 11 is 0. The van der Waals surface area contributed by atoms with Gasteiger partial charge in [-0.15, -0.1) is 0 Å². The highest BCUT2D eigenvalue weighted by atomic mass is 32.2. The molecule has 21 heavy (non-hydrogen) atoms. The van der Waals surface area contributed by atoms with Crippen LogP contribution >= 0.6 is 0 Å². The van der Waals surface area contributed by atoms with E-state index >= 15 is 0 Å². The molecule has 0 saturated carbocycles. The number of amides is 1. The molecule has 1 aromatic heterocycles. The number of piperazine rings is 1. The molecule has 8 heteroatoms. The molecule has 1 aromatic rings. The van der Waals surface area contributed by atoms with Crippen LogP contribution in [0.1, 0.15) is 5.56 Å². The highest BCUT2D eigenvalue weighted by Gasteiger charge is 2.24. The quantitative estimate of drug-likeness (QED) is 0.775. The number of aromatic nitrogens is 1. The van der Waals surface area contributed by atoms with Crippen molar-refractivity contribution < 1.29 is 13.2 Å². The molecule has 2 rings (SSSR count). The summed E-state index contributed by atoms with van der Waals surface area (Å²) in [7, 11) is -3.12. The van der Waals surface area contributed by atoms with E-state index in [-0.39, 0.29) is 5.91 Å². The van der Waals surface area contributed by atoms with Crippen LogP contribution < -0.4 is 5.32 Å². The first-order valence-electron chi connectivity index (χ1n) is 6.78. The number of nitrogens with zero attached hydrogens (tertiary/aromatic N) is 3.